The second-order valence-corrected chi connectivity index (χ2v) is 5.56. The van der Waals surface area contributed by atoms with Gasteiger partial charge in [0.25, 0.3) is 0 Å². The first-order valence-electron chi connectivity index (χ1n) is 6.98. The van der Waals surface area contributed by atoms with Gasteiger partial charge in [-0.25, -0.2) is 4.98 Å². The monoisotopic (exact) mass is 248 g/mol. The van der Waals surface area contributed by atoms with Crippen molar-refractivity contribution in [3.63, 3.8) is 0 Å². The molecule has 0 spiro atoms. The molecule has 1 aliphatic carbocycles. The Hall–Kier alpha value is -1.09. The maximum absolute atomic E-state index is 5.89. The number of aromatic nitrogens is 1. The molecule has 1 aromatic heterocycles. The summed E-state index contributed by atoms with van der Waals surface area (Å²) in [6.45, 7) is 5.60. The molecule has 0 aliphatic heterocycles. The lowest BCUT2D eigenvalue weighted by Crippen LogP contribution is -2.19. The minimum Gasteiger partial charge on any atom is -0.477 e. The minimum absolute atomic E-state index is 0.490. The van der Waals surface area contributed by atoms with Crippen LogP contribution in [0.1, 0.15) is 43.9 Å². The predicted molar refractivity (Wildman–Crippen MR) is 73.5 cm³/mol. The van der Waals surface area contributed by atoms with Crippen LogP contribution in [0.3, 0.4) is 0 Å². The highest BCUT2D eigenvalue weighted by Crippen LogP contribution is 2.29. The molecule has 0 bridgehead atoms. The van der Waals surface area contributed by atoms with Gasteiger partial charge in [0.2, 0.25) is 5.88 Å². The average molecular weight is 248 g/mol. The van der Waals surface area contributed by atoms with E-state index < -0.39 is 0 Å². The van der Waals surface area contributed by atoms with Gasteiger partial charge >= 0.3 is 0 Å². The van der Waals surface area contributed by atoms with Gasteiger partial charge in [-0.1, -0.05) is 25.8 Å². The summed E-state index contributed by atoms with van der Waals surface area (Å²) in [4.78, 5) is 4.44. The van der Waals surface area contributed by atoms with Crippen LogP contribution < -0.4 is 10.5 Å². The number of rotatable bonds is 4. The maximum atomic E-state index is 5.89. The molecule has 0 atom stereocenters. The standard InChI is InChI=1S/C15H24N2O/c1-11-3-6-13(7-4-11)10-18-15-14(9-16)8-5-12(2)17-15/h5,8,11,13H,3-4,6-7,9-10,16H2,1-2H3. The van der Waals surface area contributed by atoms with Crippen LogP contribution in [0, 0.1) is 18.8 Å². The van der Waals surface area contributed by atoms with Crippen molar-refractivity contribution in [1.29, 1.82) is 0 Å². The number of pyridine rings is 1. The highest BCUT2D eigenvalue weighted by molar-refractivity contribution is 5.27. The van der Waals surface area contributed by atoms with E-state index >= 15 is 0 Å². The fourth-order valence-corrected chi connectivity index (χ4v) is 2.53. The first-order chi connectivity index (χ1) is 8.69. The van der Waals surface area contributed by atoms with E-state index in [1.807, 2.05) is 19.1 Å². The van der Waals surface area contributed by atoms with Crippen molar-refractivity contribution < 1.29 is 4.74 Å². The molecule has 1 heterocycles. The molecule has 1 aliphatic rings. The first-order valence-corrected chi connectivity index (χ1v) is 6.98. The van der Waals surface area contributed by atoms with Gasteiger partial charge in [-0.05, 0) is 37.7 Å². The second kappa shape index (κ2) is 6.19. The summed E-state index contributed by atoms with van der Waals surface area (Å²) in [6, 6.07) is 4.00. The summed E-state index contributed by atoms with van der Waals surface area (Å²) in [5.74, 6) is 2.31. The lowest BCUT2D eigenvalue weighted by atomic mass is 9.83. The Kier molecular flexibility index (Phi) is 4.59. The smallest absolute Gasteiger partial charge is 0.218 e. The van der Waals surface area contributed by atoms with E-state index in [-0.39, 0.29) is 0 Å². The molecule has 1 aromatic rings. The van der Waals surface area contributed by atoms with Crippen LogP contribution in [0.5, 0.6) is 5.88 Å². The summed E-state index contributed by atoms with van der Waals surface area (Å²) >= 11 is 0. The average Bonchev–Trinajstić information content (AvgIpc) is 2.38. The van der Waals surface area contributed by atoms with E-state index in [4.69, 9.17) is 10.5 Å². The topological polar surface area (TPSA) is 48.1 Å². The van der Waals surface area contributed by atoms with Crippen LogP contribution >= 0.6 is 0 Å². The van der Waals surface area contributed by atoms with E-state index in [1.54, 1.807) is 0 Å². The van der Waals surface area contributed by atoms with Gasteiger partial charge in [-0.2, -0.15) is 0 Å². The summed E-state index contributed by atoms with van der Waals surface area (Å²) in [7, 11) is 0. The Bertz CT molecular complexity index is 384. The molecule has 18 heavy (non-hydrogen) atoms. The lowest BCUT2D eigenvalue weighted by molar-refractivity contribution is 0.182. The van der Waals surface area contributed by atoms with Gasteiger partial charge in [0.1, 0.15) is 0 Å². The van der Waals surface area contributed by atoms with Gasteiger partial charge < -0.3 is 10.5 Å². The van der Waals surface area contributed by atoms with E-state index in [0.717, 1.165) is 29.7 Å². The molecular weight excluding hydrogens is 224 g/mol. The van der Waals surface area contributed by atoms with Crippen molar-refractivity contribution in [2.24, 2.45) is 17.6 Å². The van der Waals surface area contributed by atoms with Gasteiger partial charge in [0, 0.05) is 17.8 Å². The maximum Gasteiger partial charge on any atom is 0.218 e. The molecule has 3 nitrogen and oxygen atoms in total. The van der Waals surface area contributed by atoms with Crippen molar-refractivity contribution in [2.75, 3.05) is 6.61 Å². The van der Waals surface area contributed by atoms with Crippen LogP contribution in [-0.4, -0.2) is 11.6 Å². The van der Waals surface area contributed by atoms with Crippen molar-refractivity contribution >= 4 is 0 Å². The third-order valence-electron chi connectivity index (χ3n) is 3.89. The zero-order valence-electron chi connectivity index (χ0n) is 11.5. The zero-order valence-corrected chi connectivity index (χ0v) is 11.5. The quantitative estimate of drug-likeness (QED) is 0.891. The molecule has 1 saturated carbocycles. The Labute approximate surface area is 110 Å². The fourth-order valence-electron chi connectivity index (χ4n) is 2.53. The van der Waals surface area contributed by atoms with Crippen LogP contribution in [0.25, 0.3) is 0 Å². The zero-order chi connectivity index (χ0) is 13.0. The SMILES string of the molecule is Cc1ccc(CN)c(OCC2CCC(C)CC2)n1. The van der Waals surface area contributed by atoms with Gasteiger partial charge in [-0.3, -0.25) is 0 Å². The Morgan fingerprint density at radius 3 is 2.67 bits per heavy atom. The number of nitrogens with zero attached hydrogens (tertiary/aromatic N) is 1. The van der Waals surface area contributed by atoms with Crippen LogP contribution in [0.4, 0.5) is 0 Å². The predicted octanol–water partition coefficient (Wildman–Crippen LogP) is 3.05. The van der Waals surface area contributed by atoms with Gasteiger partial charge in [0.15, 0.2) is 0 Å². The molecule has 2 rings (SSSR count). The molecule has 100 valence electrons. The lowest BCUT2D eigenvalue weighted by Gasteiger charge is -2.26. The minimum atomic E-state index is 0.490. The second-order valence-electron chi connectivity index (χ2n) is 5.56. The van der Waals surface area contributed by atoms with Crippen LogP contribution in [-0.2, 0) is 6.54 Å². The van der Waals surface area contributed by atoms with Gasteiger partial charge in [-0.15, -0.1) is 0 Å². The van der Waals surface area contributed by atoms with E-state index in [2.05, 4.69) is 11.9 Å². The molecule has 0 radical (unpaired) electrons. The van der Waals surface area contributed by atoms with Crippen molar-refractivity contribution in [3.05, 3.63) is 23.4 Å². The Balaban J connectivity index is 1.91. The molecule has 0 amide bonds. The largest absolute Gasteiger partial charge is 0.477 e. The number of nitrogens with two attached hydrogens (primary N) is 1. The molecule has 1 fully saturated rings. The molecule has 0 aromatic carbocycles. The first kappa shape index (κ1) is 13.3. The molecule has 2 N–H and O–H groups in total. The van der Waals surface area contributed by atoms with E-state index in [0.29, 0.717) is 12.5 Å². The Morgan fingerprint density at radius 1 is 1.28 bits per heavy atom. The number of hydrogen-bond donors (Lipinski definition) is 1. The van der Waals surface area contributed by atoms with Crippen molar-refractivity contribution in [1.82, 2.24) is 4.98 Å². The highest BCUT2D eigenvalue weighted by Gasteiger charge is 2.19. The van der Waals surface area contributed by atoms with E-state index in [1.165, 1.54) is 25.7 Å². The molecule has 3 heteroatoms. The van der Waals surface area contributed by atoms with Crippen molar-refractivity contribution in [2.45, 2.75) is 46.1 Å². The number of aryl methyl sites for hydroxylation is 1. The van der Waals surface area contributed by atoms with Crippen LogP contribution in [0.15, 0.2) is 12.1 Å². The van der Waals surface area contributed by atoms with Crippen LogP contribution in [0.2, 0.25) is 0 Å². The van der Waals surface area contributed by atoms with Gasteiger partial charge in [0.05, 0.1) is 6.61 Å². The van der Waals surface area contributed by atoms with Crippen molar-refractivity contribution in [3.8, 4) is 5.88 Å². The molecule has 0 saturated heterocycles. The van der Waals surface area contributed by atoms with E-state index in [9.17, 15) is 0 Å². The fraction of sp³-hybridized carbons (Fsp3) is 0.667. The normalized spacial score (nSPS) is 23.9. The number of ether oxygens (including phenoxy) is 1. The highest BCUT2D eigenvalue weighted by atomic mass is 16.5. The summed E-state index contributed by atoms with van der Waals surface area (Å²) < 4.78 is 5.89. The number of hydrogen-bond acceptors (Lipinski definition) is 3. The molecular formula is C15H24N2O. The third kappa shape index (κ3) is 3.45. The summed E-state index contributed by atoms with van der Waals surface area (Å²) in [5.41, 5.74) is 7.70. The summed E-state index contributed by atoms with van der Waals surface area (Å²) in [5, 5.41) is 0. The summed E-state index contributed by atoms with van der Waals surface area (Å²) in [6.07, 6.45) is 5.23. The molecule has 0 unspecified atom stereocenters. The third-order valence-corrected chi connectivity index (χ3v) is 3.89. The Morgan fingerprint density at radius 2 is 2.00 bits per heavy atom.